The largest absolute Gasteiger partial charge is 0.396 e. The molecule has 1 aliphatic rings. The molecule has 1 aromatic rings. The van der Waals surface area contributed by atoms with E-state index in [4.69, 9.17) is 0 Å². The molecule has 1 amide bonds. The van der Waals surface area contributed by atoms with Crippen LogP contribution in [0.15, 0.2) is 12.3 Å². The minimum absolute atomic E-state index is 0.0393. The summed E-state index contributed by atoms with van der Waals surface area (Å²) in [5.74, 6) is 0.375. The molecule has 5 nitrogen and oxygen atoms in total. The average Bonchev–Trinajstić information content (AvgIpc) is 2.52. The Kier molecular flexibility index (Phi) is 5.56. The maximum absolute atomic E-state index is 12.7. The number of piperidine rings is 1. The van der Waals surface area contributed by atoms with E-state index in [0.29, 0.717) is 24.6 Å². The third-order valence-electron chi connectivity index (χ3n) is 4.00. The topological polar surface area (TPSA) is 65.5 Å². The number of aromatic nitrogens is 1. The maximum atomic E-state index is 12.7. The number of aryl methyl sites for hydroxylation is 1. The van der Waals surface area contributed by atoms with Crippen molar-refractivity contribution in [2.45, 2.75) is 33.1 Å². The van der Waals surface area contributed by atoms with Gasteiger partial charge in [-0.1, -0.05) is 6.92 Å². The molecule has 1 fully saturated rings. The van der Waals surface area contributed by atoms with Gasteiger partial charge >= 0.3 is 0 Å². The van der Waals surface area contributed by atoms with Crippen LogP contribution >= 0.6 is 0 Å². The van der Waals surface area contributed by atoms with Crippen molar-refractivity contribution < 1.29 is 9.90 Å². The van der Waals surface area contributed by atoms with Crippen LogP contribution in [0.3, 0.4) is 0 Å². The maximum Gasteiger partial charge on any atom is 0.257 e. The van der Waals surface area contributed by atoms with Gasteiger partial charge in [-0.3, -0.25) is 9.78 Å². The molecule has 0 radical (unpaired) electrons. The fourth-order valence-corrected chi connectivity index (χ4v) is 2.63. The lowest BCUT2D eigenvalue weighted by Crippen LogP contribution is -2.39. The fraction of sp³-hybridized carbons (Fsp3) is 0.625. The predicted molar refractivity (Wildman–Crippen MR) is 83.5 cm³/mol. The van der Waals surface area contributed by atoms with Crippen molar-refractivity contribution >= 4 is 11.6 Å². The van der Waals surface area contributed by atoms with Crippen LogP contribution in [0.1, 0.15) is 42.2 Å². The number of hydrogen-bond donors (Lipinski definition) is 2. The van der Waals surface area contributed by atoms with Crippen LogP contribution in [0.4, 0.5) is 5.69 Å². The Labute approximate surface area is 126 Å². The average molecular weight is 291 g/mol. The lowest BCUT2D eigenvalue weighted by Gasteiger charge is -2.31. The van der Waals surface area contributed by atoms with Gasteiger partial charge in [0.05, 0.1) is 11.3 Å². The molecule has 0 aliphatic carbocycles. The summed E-state index contributed by atoms with van der Waals surface area (Å²) in [6.07, 6.45) is 4.43. The number of nitrogens with one attached hydrogen (secondary N) is 1. The molecule has 0 bridgehead atoms. The van der Waals surface area contributed by atoms with E-state index in [1.54, 1.807) is 6.20 Å². The van der Waals surface area contributed by atoms with E-state index in [2.05, 4.69) is 17.2 Å². The van der Waals surface area contributed by atoms with E-state index < -0.39 is 0 Å². The number of hydrogen-bond acceptors (Lipinski definition) is 4. The summed E-state index contributed by atoms with van der Waals surface area (Å²) in [5.41, 5.74) is 2.43. The summed E-state index contributed by atoms with van der Waals surface area (Å²) < 4.78 is 0. The standard InChI is InChI=1S/C16H25N3O2/c1-3-6-17-15-9-12(2)18-10-14(15)16(21)19-7-4-13(11-20)5-8-19/h9-10,13,20H,3-8,11H2,1-2H3,(H,17,18). The minimum Gasteiger partial charge on any atom is -0.396 e. The van der Waals surface area contributed by atoms with Crippen LogP contribution in [0.25, 0.3) is 0 Å². The number of aliphatic hydroxyl groups is 1. The first-order chi connectivity index (χ1) is 10.2. The number of nitrogens with zero attached hydrogens (tertiary/aromatic N) is 2. The monoisotopic (exact) mass is 291 g/mol. The molecular formula is C16H25N3O2. The molecule has 2 rings (SSSR count). The Hall–Kier alpha value is -1.62. The van der Waals surface area contributed by atoms with Gasteiger partial charge in [0.2, 0.25) is 0 Å². The van der Waals surface area contributed by atoms with E-state index in [0.717, 1.165) is 37.2 Å². The summed E-state index contributed by atoms with van der Waals surface area (Å²) in [7, 11) is 0. The van der Waals surface area contributed by atoms with Gasteiger partial charge in [0.15, 0.2) is 0 Å². The van der Waals surface area contributed by atoms with E-state index in [1.807, 2.05) is 17.9 Å². The van der Waals surface area contributed by atoms with E-state index >= 15 is 0 Å². The SMILES string of the molecule is CCCNc1cc(C)ncc1C(=O)N1CCC(CO)CC1. The normalized spacial score (nSPS) is 16.0. The zero-order valence-corrected chi connectivity index (χ0v) is 12.9. The Morgan fingerprint density at radius 2 is 2.19 bits per heavy atom. The Bertz CT molecular complexity index is 482. The molecule has 1 aliphatic heterocycles. The van der Waals surface area contributed by atoms with Crippen LogP contribution in [0, 0.1) is 12.8 Å². The third-order valence-corrected chi connectivity index (χ3v) is 4.00. The summed E-state index contributed by atoms with van der Waals surface area (Å²) in [6.45, 7) is 6.52. The highest BCUT2D eigenvalue weighted by atomic mass is 16.3. The molecule has 116 valence electrons. The summed E-state index contributed by atoms with van der Waals surface area (Å²) >= 11 is 0. The summed E-state index contributed by atoms with van der Waals surface area (Å²) in [6, 6.07) is 1.93. The summed E-state index contributed by atoms with van der Waals surface area (Å²) in [5, 5.41) is 12.5. The molecular weight excluding hydrogens is 266 g/mol. The van der Waals surface area contributed by atoms with Gasteiger partial charge in [-0.2, -0.15) is 0 Å². The Morgan fingerprint density at radius 1 is 1.48 bits per heavy atom. The third kappa shape index (κ3) is 3.94. The van der Waals surface area contributed by atoms with E-state index in [-0.39, 0.29) is 12.5 Å². The van der Waals surface area contributed by atoms with Crippen LogP contribution in [-0.2, 0) is 0 Å². The molecule has 2 N–H and O–H groups in total. The lowest BCUT2D eigenvalue weighted by molar-refractivity contribution is 0.0651. The Balaban J connectivity index is 2.11. The highest BCUT2D eigenvalue weighted by molar-refractivity contribution is 5.99. The van der Waals surface area contributed by atoms with Crippen LogP contribution in [0.5, 0.6) is 0 Å². The van der Waals surface area contributed by atoms with Gasteiger partial charge in [0.25, 0.3) is 5.91 Å². The zero-order chi connectivity index (χ0) is 15.2. The molecule has 1 aromatic heterocycles. The van der Waals surface area contributed by atoms with Crippen molar-refractivity contribution in [3.8, 4) is 0 Å². The number of anilines is 1. The zero-order valence-electron chi connectivity index (χ0n) is 12.9. The second kappa shape index (κ2) is 7.41. The second-order valence-electron chi connectivity index (χ2n) is 5.72. The van der Waals surface area contributed by atoms with Gasteiger partial charge in [-0.05, 0) is 38.2 Å². The number of rotatable bonds is 5. The molecule has 2 heterocycles. The highest BCUT2D eigenvalue weighted by Gasteiger charge is 2.25. The van der Waals surface area contributed by atoms with Crippen LogP contribution < -0.4 is 5.32 Å². The van der Waals surface area contributed by atoms with Gasteiger partial charge in [0.1, 0.15) is 0 Å². The Morgan fingerprint density at radius 3 is 2.81 bits per heavy atom. The summed E-state index contributed by atoms with van der Waals surface area (Å²) in [4.78, 5) is 18.8. The van der Waals surface area contributed by atoms with Crippen molar-refractivity contribution in [2.75, 3.05) is 31.6 Å². The smallest absolute Gasteiger partial charge is 0.257 e. The number of pyridine rings is 1. The van der Waals surface area contributed by atoms with Crippen molar-refractivity contribution in [2.24, 2.45) is 5.92 Å². The van der Waals surface area contributed by atoms with Crippen molar-refractivity contribution in [3.05, 3.63) is 23.5 Å². The molecule has 5 heteroatoms. The first-order valence-corrected chi connectivity index (χ1v) is 7.76. The van der Waals surface area contributed by atoms with Crippen molar-refractivity contribution in [1.82, 2.24) is 9.88 Å². The molecule has 0 spiro atoms. The number of aliphatic hydroxyl groups excluding tert-OH is 1. The lowest BCUT2D eigenvalue weighted by atomic mass is 9.97. The highest BCUT2D eigenvalue weighted by Crippen LogP contribution is 2.22. The first kappa shape index (κ1) is 15.8. The van der Waals surface area contributed by atoms with Gasteiger partial charge in [-0.15, -0.1) is 0 Å². The number of amides is 1. The quantitative estimate of drug-likeness (QED) is 0.871. The van der Waals surface area contributed by atoms with Gasteiger partial charge in [-0.25, -0.2) is 0 Å². The molecule has 0 saturated carbocycles. The molecule has 0 unspecified atom stereocenters. The van der Waals surface area contributed by atoms with Crippen molar-refractivity contribution in [1.29, 1.82) is 0 Å². The van der Waals surface area contributed by atoms with Crippen LogP contribution in [0.2, 0.25) is 0 Å². The fourth-order valence-electron chi connectivity index (χ4n) is 2.63. The molecule has 0 atom stereocenters. The van der Waals surface area contributed by atoms with E-state index in [1.165, 1.54) is 0 Å². The van der Waals surface area contributed by atoms with Gasteiger partial charge < -0.3 is 15.3 Å². The second-order valence-corrected chi connectivity index (χ2v) is 5.72. The van der Waals surface area contributed by atoms with Crippen LogP contribution in [-0.4, -0.2) is 47.1 Å². The number of carbonyl (C=O) groups is 1. The number of carbonyl (C=O) groups excluding carboxylic acids is 1. The first-order valence-electron chi connectivity index (χ1n) is 7.76. The van der Waals surface area contributed by atoms with Crippen molar-refractivity contribution in [3.63, 3.8) is 0 Å². The molecule has 21 heavy (non-hydrogen) atoms. The van der Waals surface area contributed by atoms with Gasteiger partial charge in [0, 0.05) is 38.1 Å². The molecule has 1 saturated heterocycles. The van der Waals surface area contributed by atoms with E-state index in [9.17, 15) is 9.90 Å². The minimum atomic E-state index is 0.0393. The predicted octanol–water partition coefficient (Wildman–Crippen LogP) is 2.06. The molecule has 0 aromatic carbocycles. The number of likely N-dealkylation sites (tertiary alicyclic amines) is 1.